The average Bonchev–Trinajstić information content (AvgIpc) is 2.96. The lowest BCUT2D eigenvalue weighted by Gasteiger charge is -2.61. The maximum atomic E-state index is 10.8. The fraction of sp³-hybridized carbons (Fsp3) is 0.800. The van der Waals surface area contributed by atoms with Gasteiger partial charge in [0, 0.05) is 0 Å². The van der Waals surface area contributed by atoms with Crippen molar-refractivity contribution < 1.29 is 10.2 Å². The summed E-state index contributed by atoms with van der Waals surface area (Å²) in [7, 11) is 0. The monoisotopic (exact) mass is 440 g/mol. The van der Waals surface area contributed by atoms with Crippen molar-refractivity contribution in [1.29, 1.82) is 0 Å². The lowest BCUT2D eigenvalue weighted by atomic mass is 9.44. The van der Waals surface area contributed by atoms with E-state index in [9.17, 15) is 10.2 Å². The van der Waals surface area contributed by atoms with Gasteiger partial charge in [-0.2, -0.15) is 0 Å². The number of aliphatic hydroxyl groups excluding tert-OH is 2. The molecule has 2 saturated carbocycles. The maximum absolute atomic E-state index is 10.8. The molecule has 8 atom stereocenters. The highest BCUT2D eigenvalue weighted by Gasteiger charge is 2.63. The van der Waals surface area contributed by atoms with Gasteiger partial charge in [0.25, 0.3) is 0 Å². The van der Waals surface area contributed by atoms with Gasteiger partial charge in [0.15, 0.2) is 0 Å². The van der Waals surface area contributed by atoms with Crippen molar-refractivity contribution in [3.63, 3.8) is 0 Å². The summed E-state index contributed by atoms with van der Waals surface area (Å²) in [6.07, 6.45) is 14.4. The minimum Gasteiger partial charge on any atom is -0.393 e. The van der Waals surface area contributed by atoms with Crippen LogP contribution >= 0.6 is 0 Å². The first kappa shape index (κ1) is 24.3. The van der Waals surface area contributed by atoms with E-state index in [-0.39, 0.29) is 33.9 Å². The van der Waals surface area contributed by atoms with Crippen molar-refractivity contribution in [1.82, 2.24) is 0 Å². The van der Waals surface area contributed by atoms with Crippen LogP contribution < -0.4 is 0 Å². The zero-order valence-corrected chi connectivity index (χ0v) is 22.0. The Morgan fingerprint density at radius 2 is 1.75 bits per heavy atom. The Morgan fingerprint density at radius 3 is 2.41 bits per heavy atom. The molecule has 0 aromatic rings. The summed E-state index contributed by atoms with van der Waals surface area (Å²) in [5.74, 6) is 1.66. The third-order valence-corrected chi connectivity index (χ3v) is 11.1. The Bertz CT molecular complexity index is 843. The SMILES string of the molecule is CC(C)=CC(O)CC(C)C1CCC2(C)C3=CCC4C(C)(CCC(O)C4(C)C)C3=CCC12C. The maximum Gasteiger partial charge on any atom is 0.0726 e. The minimum absolute atomic E-state index is 0.0364. The Labute approximate surface area is 197 Å². The fourth-order valence-corrected chi connectivity index (χ4v) is 8.94. The molecule has 8 unspecified atom stereocenters. The first-order valence-corrected chi connectivity index (χ1v) is 13.2. The average molecular weight is 441 g/mol. The molecular weight excluding hydrogens is 392 g/mol. The molecule has 2 N–H and O–H groups in total. The van der Waals surface area contributed by atoms with E-state index >= 15 is 0 Å². The number of hydrogen-bond acceptors (Lipinski definition) is 2. The summed E-state index contributed by atoms with van der Waals surface area (Å²) in [5.41, 5.74) is 5.06. The number of fused-ring (bicyclic) bond motifs is 5. The molecule has 0 aromatic heterocycles. The van der Waals surface area contributed by atoms with E-state index in [0.717, 1.165) is 32.1 Å². The third kappa shape index (κ3) is 3.34. The molecule has 0 aliphatic heterocycles. The van der Waals surface area contributed by atoms with E-state index in [4.69, 9.17) is 0 Å². The van der Waals surface area contributed by atoms with Gasteiger partial charge in [-0.25, -0.2) is 0 Å². The third-order valence-electron chi connectivity index (χ3n) is 11.1. The van der Waals surface area contributed by atoms with Crippen molar-refractivity contribution in [3.05, 3.63) is 34.9 Å². The number of aliphatic hydroxyl groups is 2. The smallest absolute Gasteiger partial charge is 0.0726 e. The second kappa shape index (κ2) is 7.84. The molecule has 0 amide bonds. The molecule has 180 valence electrons. The number of rotatable bonds is 4. The van der Waals surface area contributed by atoms with Crippen molar-refractivity contribution >= 4 is 0 Å². The van der Waals surface area contributed by atoms with E-state index in [0.29, 0.717) is 17.8 Å². The molecule has 0 spiro atoms. The highest BCUT2D eigenvalue weighted by atomic mass is 16.3. The number of allylic oxidation sites excluding steroid dienone is 5. The lowest BCUT2D eigenvalue weighted by molar-refractivity contribution is -0.0851. The van der Waals surface area contributed by atoms with Gasteiger partial charge in [0.1, 0.15) is 0 Å². The number of hydrogen-bond donors (Lipinski definition) is 2. The summed E-state index contributed by atoms with van der Waals surface area (Å²) in [5, 5.41) is 21.4. The second-order valence-electron chi connectivity index (χ2n) is 13.4. The molecule has 0 radical (unpaired) electrons. The highest BCUT2D eigenvalue weighted by Crippen LogP contribution is 2.71. The largest absolute Gasteiger partial charge is 0.393 e. The standard InChI is InChI=1S/C30H48O2/c1-19(2)17-21(31)18-20(3)22-11-15-30(8)24-9-10-25-27(4,5)26(32)13-14-28(25,6)23(24)12-16-29(22,30)7/h9,12,17,20-22,25-26,31-32H,10-11,13-16,18H2,1-8H3. The molecule has 2 nitrogen and oxygen atoms in total. The van der Waals surface area contributed by atoms with E-state index in [1.807, 2.05) is 6.08 Å². The zero-order chi connectivity index (χ0) is 23.7. The van der Waals surface area contributed by atoms with Crippen LogP contribution in [-0.2, 0) is 0 Å². The summed E-state index contributed by atoms with van der Waals surface area (Å²) in [6, 6.07) is 0. The Balaban J connectivity index is 1.66. The van der Waals surface area contributed by atoms with Gasteiger partial charge < -0.3 is 10.2 Å². The minimum atomic E-state index is -0.329. The summed E-state index contributed by atoms with van der Waals surface area (Å²) in [6.45, 7) is 18.7. The van der Waals surface area contributed by atoms with Crippen molar-refractivity contribution in [2.75, 3.05) is 0 Å². The van der Waals surface area contributed by atoms with Crippen LogP contribution in [0.3, 0.4) is 0 Å². The van der Waals surface area contributed by atoms with Gasteiger partial charge in [0.05, 0.1) is 12.2 Å². The predicted octanol–water partition coefficient (Wildman–Crippen LogP) is 7.23. The summed E-state index contributed by atoms with van der Waals surface area (Å²) in [4.78, 5) is 0. The van der Waals surface area contributed by atoms with Crippen LogP contribution in [0.15, 0.2) is 34.9 Å². The van der Waals surface area contributed by atoms with Crippen LogP contribution in [0.25, 0.3) is 0 Å². The van der Waals surface area contributed by atoms with E-state index < -0.39 is 0 Å². The van der Waals surface area contributed by atoms with E-state index in [2.05, 4.69) is 67.5 Å². The Morgan fingerprint density at radius 1 is 1.06 bits per heavy atom. The summed E-state index contributed by atoms with van der Waals surface area (Å²) >= 11 is 0. The molecule has 4 rings (SSSR count). The Hall–Kier alpha value is -0.860. The molecular formula is C30H48O2. The van der Waals surface area contributed by atoms with Crippen LogP contribution in [0.4, 0.5) is 0 Å². The first-order valence-electron chi connectivity index (χ1n) is 13.2. The molecule has 2 heteroatoms. The second-order valence-corrected chi connectivity index (χ2v) is 13.4. The molecule has 0 saturated heterocycles. The molecule has 0 bridgehead atoms. The molecule has 32 heavy (non-hydrogen) atoms. The van der Waals surface area contributed by atoms with Crippen LogP contribution in [0, 0.1) is 39.4 Å². The van der Waals surface area contributed by atoms with Gasteiger partial charge in [-0.15, -0.1) is 0 Å². The normalized spacial score (nSPS) is 44.4. The van der Waals surface area contributed by atoms with Crippen LogP contribution in [0.2, 0.25) is 0 Å². The molecule has 2 fully saturated rings. The first-order chi connectivity index (χ1) is 14.8. The van der Waals surface area contributed by atoms with Crippen LogP contribution in [0.1, 0.15) is 100 Å². The van der Waals surface area contributed by atoms with Gasteiger partial charge in [0.2, 0.25) is 0 Å². The summed E-state index contributed by atoms with van der Waals surface area (Å²) < 4.78 is 0. The predicted molar refractivity (Wildman–Crippen MR) is 134 cm³/mol. The van der Waals surface area contributed by atoms with Crippen LogP contribution in [0.5, 0.6) is 0 Å². The topological polar surface area (TPSA) is 40.5 Å². The van der Waals surface area contributed by atoms with Crippen molar-refractivity contribution in [2.45, 2.75) is 113 Å². The Kier molecular flexibility index (Phi) is 5.95. The van der Waals surface area contributed by atoms with E-state index in [1.54, 1.807) is 11.1 Å². The van der Waals surface area contributed by atoms with Crippen molar-refractivity contribution in [2.24, 2.45) is 39.4 Å². The zero-order valence-electron chi connectivity index (χ0n) is 22.0. The molecule has 0 heterocycles. The fourth-order valence-electron chi connectivity index (χ4n) is 8.94. The molecule has 0 aromatic carbocycles. The lowest BCUT2D eigenvalue weighted by Crippen LogP contribution is -2.54. The van der Waals surface area contributed by atoms with Gasteiger partial charge in [-0.3, -0.25) is 0 Å². The quantitative estimate of drug-likeness (QED) is 0.453. The van der Waals surface area contributed by atoms with Crippen molar-refractivity contribution in [3.8, 4) is 0 Å². The van der Waals surface area contributed by atoms with Crippen LogP contribution in [-0.4, -0.2) is 22.4 Å². The highest BCUT2D eigenvalue weighted by molar-refractivity contribution is 5.49. The molecule has 4 aliphatic rings. The van der Waals surface area contributed by atoms with E-state index in [1.165, 1.54) is 18.4 Å². The van der Waals surface area contributed by atoms with Gasteiger partial charge in [-0.05, 0) is 109 Å². The molecule has 4 aliphatic carbocycles. The van der Waals surface area contributed by atoms with Gasteiger partial charge in [-0.1, -0.05) is 65.3 Å². The van der Waals surface area contributed by atoms with Gasteiger partial charge >= 0.3 is 0 Å².